The molecule has 0 aliphatic heterocycles. The SMILES string of the molecule is CCC[C@H](C)NS(=O)(=O)c1ccc(Cl)c(Cl)c1. The summed E-state index contributed by atoms with van der Waals surface area (Å²) in [4.78, 5) is 0.134. The standard InChI is InChI=1S/C11H15Cl2NO2S/c1-3-4-8(2)14-17(15,16)9-5-6-10(12)11(13)7-9/h5-8,14H,3-4H2,1-2H3/t8-/m0/s1. The summed E-state index contributed by atoms with van der Waals surface area (Å²) in [5.41, 5.74) is 0. The van der Waals surface area contributed by atoms with E-state index in [0.717, 1.165) is 12.8 Å². The van der Waals surface area contributed by atoms with Gasteiger partial charge < -0.3 is 0 Å². The molecule has 0 aliphatic rings. The molecule has 17 heavy (non-hydrogen) atoms. The van der Waals surface area contributed by atoms with Crippen LogP contribution in [0.5, 0.6) is 0 Å². The third-order valence-corrected chi connectivity index (χ3v) is 4.61. The molecular weight excluding hydrogens is 281 g/mol. The molecule has 0 saturated carbocycles. The summed E-state index contributed by atoms with van der Waals surface area (Å²) < 4.78 is 26.5. The van der Waals surface area contributed by atoms with Gasteiger partial charge in [0.2, 0.25) is 10.0 Å². The molecule has 1 aromatic carbocycles. The van der Waals surface area contributed by atoms with E-state index < -0.39 is 10.0 Å². The van der Waals surface area contributed by atoms with E-state index in [1.807, 2.05) is 13.8 Å². The Hall–Kier alpha value is -0.290. The molecule has 0 heterocycles. The number of sulfonamides is 1. The molecule has 1 rings (SSSR count). The maximum Gasteiger partial charge on any atom is 0.240 e. The largest absolute Gasteiger partial charge is 0.240 e. The summed E-state index contributed by atoms with van der Waals surface area (Å²) in [6.45, 7) is 3.84. The first-order chi connectivity index (χ1) is 7.86. The Balaban J connectivity index is 2.93. The highest BCUT2D eigenvalue weighted by molar-refractivity contribution is 7.89. The van der Waals surface area contributed by atoms with Gasteiger partial charge in [-0.15, -0.1) is 0 Å². The van der Waals surface area contributed by atoms with Crippen LogP contribution in [0.4, 0.5) is 0 Å². The zero-order valence-electron chi connectivity index (χ0n) is 9.70. The van der Waals surface area contributed by atoms with Crippen molar-refractivity contribution in [3.05, 3.63) is 28.2 Å². The zero-order valence-corrected chi connectivity index (χ0v) is 12.0. The van der Waals surface area contributed by atoms with Gasteiger partial charge in [-0.2, -0.15) is 0 Å². The van der Waals surface area contributed by atoms with Gasteiger partial charge >= 0.3 is 0 Å². The molecular formula is C11H15Cl2NO2S. The molecule has 1 atom stereocenters. The lowest BCUT2D eigenvalue weighted by atomic mass is 10.2. The molecule has 0 spiro atoms. The lowest BCUT2D eigenvalue weighted by Gasteiger charge is -2.13. The van der Waals surface area contributed by atoms with Crippen LogP contribution in [0, 0.1) is 0 Å². The van der Waals surface area contributed by atoms with E-state index in [-0.39, 0.29) is 16.0 Å². The van der Waals surface area contributed by atoms with Gasteiger partial charge in [0, 0.05) is 6.04 Å². The lowest BCUT2D eigenvalue weighted by molar-refractivity contribution is 0.544. The highest BCUT2D eigenvalue weighted by Gasteiger charge is 2.17. The highest BCUT2D eigenvalue weighted by Crippen LogP contribution is 2.24. The van der Waals surface area contributed by atoms with Crippen LogP contribution in [0.25, 0.3) is 0 Å². The van der Waals surface area contributed by atoms with Gasteiger partial charge in [0.25, 0.3) is 0 Å². The molecule has 3 nitrogen and oxygen atoms in total. The van der Waals surface area contributed by atoms with Crippen molar-refractivity contribution in [1.29, 1.82) is 0 Å². The third-order valence-electron chi connectivity index (χ3n) is 2.28. The van der Waals surface area contributed by atoms with Crippen LogP contribution in [0.2, 0.25) is 10.0 Å². The van der Waals surface area contributed by atoms with Crippen LogP contribution in [0.3, 0.4) is 0 Å². The fraction of sp³-hybridized carbons (Fsp3) is 0.455. The topological polar surface area (TPSA) is 46.2 Å². The van der Waals surface area contributed by atoms with Crippen molar-refractivity contribution in [2.45, 2.75) is 37.6 Å². The molecule has 0 fully saturated rings. The van der Waals surface area contributed by atoms with Crippen molar-refractivity contribution < 1.29 is 8.42 Å². The van der Waals surface area contributed by atoms with Gasteiger partial charge in [0.05, 0.1) is 14.9 Å². The Kier molecular flexibility index (Phi) is 5.25. The average molecular weight is 296 g/mol. The molecule has 1 aromatic rings. The molecule has 1 N–H and O–H groups in total. The van der Waals surface area contributed by atoms with Crippen molar-refractivity contribution >= 4 is 33.2 Å². The maximum atomic E-state index is 12.0. The summed E-state index contributed by atoms with van der Waals surface area (Å²) in [5.74, 6) is 0. The molecule has 0 aromatic heterocycles. The Morgan fingerprint density at radius 3 is 2.47 bits per heavy atom. The number of halogens is 2. The molecule has 0 aliphatic carbocycles. The van der Waals surface area contributed by atoms with Crippen LogP contribution >= 0.6 is 23.2 Å². The van der Waals surface area contributed by atoms with Gasteiger partial charge in [-0.05, 0) is 31.5 Å². The van der Waals surface area contributed by atoms with Gasteiger partial charge in [-0.25, -0.2) is 13.1 Å². The van der Waals surface area contributed by atoms with E-state index in [2.05, 4.69) is 4.72 Å². The number of rotatable bonds is 5. The van der Waals surface area contributed by atoms with Crippen LogP contribution in [0.1, 0.15) is 26.7 Å². The van der Waals surface area contributed by atoms with Crippen molar-refractivity contribution in [2.75, 3.05) is 0 Å². The summed E-state index contributed by atoms with van der Waals surface area (Å²) in [6.07, 6.45) is 1.71. The Labute approximate surface area is 112 Å². The van der Waals surface area contributed by atoms with Crippen LogP contribution in [-0.2, 0) is 10.0 Å². The molecule has 0 saturated heterocycles. The summed E-state index contributed by atoms with van der Waals surface area (Å²) in [7, 11) is -3.51. The van der Waals surface area contributed by atoms with E-state index in [1.54, 1.807) is 0 Å². The van der Waals surface area contributed by atoms with Gasteiger partial charge in [-0.1, -0.05) is 36.5 Å². The molecule has 0 unspecified atom stereocenters. The maximum absolute atomic E-state index is 12.0. The van der Waals surface area contributed by atoms with E-state index in [9.17, 15) is 8.42 Å². The minimum absolute atomic E-state index is 0.0977. The van der Waals surface area contributed by atoms with Crippen LogP contribution in [0.15, 0.2) is 23.1 Å². The second kappa shape index (κ2) is 6.05. The first-order valence-electron chi connectivity index (χ1n) is 5.34. The van der Waals surface area contributed by atoms with Gasteiger partial charge in [-0.3, -0.25) is 0 Å². The molecule has 0 bridgehead atoms. The monoisotopic (exact) mass is 295 g/mol. The predicted molar refractivity (Wildman–Crippen MR) is 71.2 cm³/mol. The van der Waals surface area contributed by atoms with E-state index in [1.165, 1.54) is 18.2 Å². The first-order valence-corrected chi connectivity index (χ1v) is 7.58. The van der Waals surface area contributed by atoms with Crippen LogP contribution < -0.4 is 4.72 Å². The normalized spacial score (nSPS) is 13.6. The Bertz CT molecular complexity index is 488. The zero-order chi connectivity index (χ0) is 13.1. The highest BCUT2D eigenvalue weighted by atomic mass is 35.5. The molecule has 6 heteroatoms. The van der Waals surface area contributed by atoms with E-state index in [0.29, 0.717) is 5.02 Å². The van der Waals surface area contributed by atoms with Crippen molar-refractivity contribution in [1.82, 2.24) is 4.72 Å². The van der Waals surface area contributed by atoms with E-state index >= 15 is 0 Å². The molecule has 0 radical (unpaired) electrons. The van der Waals surface area contributed by atoms with Crippen molar-refractivity contribution in [3.63, 3.8) is 0 Å². The molecule has 96 valence electrons. The average Bonchev–Trinajstić information content (AvgIpc) is 2.21. The Morgan fingerprint density at radius 2 is 1.94 bits per heavy atom. The first kappa shape index (κ1) is 14.8. The van der Waals surface area contributed by atoms with E-state index in [4.69, 9.17) is 23.2 Å². The Morgan fingerprint density at radius 1 is 1.29 bits per heavy atom. The second-order valence-corrected chi connectivity index (χ2v) is 6.42. The number of benzene rings is 1. The van der Waals surface area contributed by atoms with Crippen LogP contribution in [-0.4, -0.2) is 14.5 Å². The number of nitrogens with one attached hydrogen (secondary N) is 1. The molecule has 0 amide bonds. The summed E-state index contributed by atoms with van der Waals surface area (Å²) in [6, 6.07) is 4.17. The smallest absolute Gasteiger partial charge is 0.208 e. The summed E-state index contributed by atoms with van der Waals surface area (Å²) in [5, 5.41) is 0.574. The minimum atomic E-state index is -3.51. The fourth-order valence-electron chi connectivity index (χ4n) is 1.47. The fourth-order valence-corrected chi connectivity index (χ4v) is 3.14. The lowest BCUT2D eigenvalue weighted by Crippen LogP contribution is -2.32. The van der Waals surface area contributed by atoms with Gasteiger partial charge in [0.1, 0.15) is 0 Å². The summed E-state index contributed by atoms with van der Waals surface area (Å²) >= 11 is 11.5. The third kappa shape index (κ3) is 4.14. The predicted octanol–water partition coefficient (Wildman–Crippen LogP) is 3.46. The number of hydrogen-bond acceptors (Lipinski definition) is 2. The second-order valence-electron chi connectivity index (χ2n) is 3.89. The van der Waals surface area contributed by atoms with Crippen molar-refractivity contribution in [2.24, 2.45) is 0 Å². The number of hydrogen-bond donors (Lipinski definition) is 1. The van der Waals surface area contributed by atoms with Gasteiger partial charge in [0.15, 0.2) is 0 Å². The quantitative estimate of drug-likeness (QED) is 0.904. The van der Waals surface area contributed by atoms with Crippen molar-refractivity contribution in [3.8, 4) is 0 Å². The minimum Gasteiger partial charge on any atom is -0.208 e.